The van der Waals surface area contributed by atoms with Crippen LogP contribution in [0.4, 0.5) is 0 Å². The van der Waals surface area contributed by atoms with Gasteiger partial charge in [-0.2, -0.15) is 0 Å². The highest BCUT2D eigenvalue weighted by atomic mass is 16.1. The van der Waals surface area contributed by atoms with Crippen LogP contribution in [0.5, 0.6) is 0 Å². The molecule has 0 bridgehead atoms. The zero-order valence-corrected chi connectivity index (χ0v) is 14.9. The lowest BCUT2D eigenvalue weighted by Gasteiger charge is -2.02. The summed E-state index contributed by atoms with van der Waals surface area (Å²) in [7, 11) is 1.50. The van der Waals surface area contributed by atoms with Gasteiger partial charge in [0.25, 0.3) is 0 Å². The van der Waals surface area contributed by atoms with Crippen LogP contribution in [0.2, 0.25) is 0 Å². The highest BCUT2D eigenvalue weighted by Crippen LogP contribution is 2.00. The first-order chi connectivity index (χ1) is 9.79. The van der Waals surface area contributed by atoms with Crippen molar-refractivity contribution in [1.82, 2.24) is 0 Å². The molecule has 0 aliphatic carbocycles. The molecule has 0 fully saturated rings. The Bertz CT molecular complexity index is 201. The molecule has 1 aromatic carbocycles. The first-order valence-electron chi connectivity index (χ1n) is 7.45. The van der Waals surface area contributed by atoms with E-state index < -0.39 is 0 Å². The van der Waals surface area contributed by atoms with Crippen molar-refractivity contribution in [2.24, 2.45) is 11.5 Å². The Hall–Kier alpha value is -1.19. The molecule has 1 rings (SSSR count). The molecule has 3 nitrogen and oxygen atoms in total. The standard InChI is InChI=1S/C9H13N.3C2H6.CH5N.CH2O/c1-8(10)7-9-5-3-2-4-6-9;5*1-2/h2-6,8H,7,10H2,1H3;3*1-2H3;2H2,1H3;1H2/t8-;;;;;/m1...../s1. The average molecular weight is 287 g/mol. The normalized spacial score (nSPS) is 7.90. The van der Waals surface area contributed by atoms with Gasteiger partial charge in [0.05, 0.1) is 0 Å². The van der Waals surface area contributed by atoms with Crippen LogP contribution < -0.4 is 11.5 Å². The second kappa shape index (κ2) is 43.1. The lowest BCUT2D eigenvalue weighted by atomic mass is 10.1. The van der Waals surface area contributed by atoms with Gasteiger partial charge < -0.3 is 16.3 Å². The molecule has 0 aliphatic heterocycles. The molecule has 0 amide bonds. The van der Waals surface area contributed by atoms with E-state index in [1.165, 1.54) is 12.6 Å². The summed E-state index contributed by atoms with van der Waals surface area (Å²) < 4.78 is 0. The lowest BCUT2D eigenvalue weighted by Crippen LogP contribution is -2.17. The summed E-state index contributed by atoms with van der Waals surface area (Å²) in [5.41, 5.74) is 11.4. The second-order valence-corrected chi connectivity index (χ2v) is 2.67. The van der Waals surface area contributed by atoms with Gasteiger partial charge in [0.2, 0.25) is 0 Å². The maximum atomic E-state index is 8.00. The van der Waals surface area contributed by atoms with Gasteiger partial charge in [-0.25, -0.2) is 0 Å². The molecule has 122 valence electrons. The molecule has 0 radical (unpaired) electrons. The first kappa shape index (κ1) is 31.3. The van der Waals surface area contributed by atoms with E-state index in [4.69, 9.17) is 10.5 Å². The van der Waals surface area contributed by atoms with E-state index in [0.717, 1.165) is 6.42 Å². The molecule has 0 spiro atoms. The fourth-order valence-electron chi connectivity index (χ4n) is 0.986. The second-order valence-electron chi connectivity index (χ2n) is 2.67. The summed E-state index contributed by atoms with van der Waals surface area (Å²) in [5, 5.41) is 0. The summed E-state index contributed by atoms with van der Waals surface area (Å²) in [6.07, 6.45) is 0.973. The van der Waals surface area contributed by atoms with Crippen LogP contribution in [0.25, 0.3) is 0 Å². The summed E-state index contributed by atoms with van der Waals surface area (Å²) in [5.74, 6) is 0. The van der Waals surface area contributed by atoms with Gasteiger partial charge in [-0.1, -0.05) is 71.9 Å². The quantitative estimate of drug-likeness (QED) is 0.862. The van der Waals surface area contributed by atoms with Crippen molar-refractivity contribution in [2.75, 3.05) is 7.05 Å². The highest BCUT2D eigenvalue weighted by molar-refractivity contribution is 5.15. The predicted octanol–water partition coefficient (Wildman–Crippen LogP) is 4.04. The SMILES string of the molecule is C=O.CC.CC.CC.CN.C[C@@H](N)Cc1ccccc1. The Morgan fingerprint density at radius 2 is 1.20 bits per heavy atom. The largest absolute Gasteiger partial charge is 0.333 e. The Kier molecular flexibility index (Phi) is 67.4. The van der Waals surface area contributed by atoms with Crippen molar-refractivity contribution >= 4 is 6.79 Å². The van der Waals surface area contributed by atoms with E-state index in [-0.39, 0.29) is 6.04 Å². The van der Waals surface area contributed by atoms with Crippen LogP contribution >= 0.6 is 0 Å². The molecule has 20 heavy (non-hydrogen) atoms. The van der Waals surface area contributed by atoms with Gasteiger partial charge in [-0.15, -0.1) is 0 Å². The Morgan fingerprint density at radius 1 is 0.900 bits per heavy atom. The average Bonchev–Trinajstić information content (AvgIpc) is 2.57. The third-order valence-corrected chi connectivity index (χ3v) is 1.40. The zero-order chi connectivity index (χ0) is 17.4. The van der Waals surface area contributed by atoms with Crippen molar-refractivity contribution in [1.29, 1.82) is 0 Å². The molecule has 0 aliphatic rings. The van der Waals surface area contributed by atoms with Gasteiger partial charge in [-0.3, -0.25) is 0 Å². The molecule has 1 aromatic rings. The number of hydrogen-bond acceptors (Lipinski definition) is 3. The minimum Gasteiger partial charge on any atom is -0.333 e. The minimum atomic E-state index is 0.266. The minimum absolute atomic E-state index is 0.266. The van der Waals surface area contributed by atoms with Crippen molar-refractivity contribution in [2.45, 2.75) is 60.9 Å². The van der Waals surface area contributed by atoms with Crippen LogP contribution in [0, 0.1) is 0 Å². The van der Waals surface area contributed by atoms with Crippen LogP contribution in [0.3, 0.4) is 0 Å². The van der Waals surface area contributed by atoms with Crippen LogP contribution in [0.15, 0.2) is 30.3 Å². The van der Waals surface area contributed by atoms with Crippen molar-refractivity contribution in [3.63, 3.8) is 0 Å². The van der Waals surface area contributed by atoms with Crippen molar-refractivity contribution < 1.29 is 4.79 Å². The Balaban J connectivity index is -0.0000000639. The third kappa shape index (κ3) is 36.0. The molecule has 1 atom stereocenters. The molecular weight excluding hydrogens is 248 g/mol. The lowest BCUT2D eigenvalue weighted by molar-refractivity contribution is -0.0979. The molecule has 0 unspecified atom stereocenters. The van der Waals surface area contributed by atoms with E-state index >= 15 is 0 Å². The monoisotopic (exact) mass is 286 g/mol. The van der Waals surface area contributed by atoms with Gasteiger partial charge in [0, 0.05) is 6.04 Å². The van der Waals surface area contributed by atoms with E-state index in [1.54, 1.807) is 0 Å². The number of nitrogens with two attached hydrogens (primary N) is 2. The van der Waals surface area contributed by atoms with E-state index in [0.29, 0.717) is 0 Å². The number of carbonyl (C=O) groups is 1. The molecule has 0 saturated heterocycles. The number of hydrogen-bond donors (Lipinski definition) is 2. The molecule has 3 heteroatoms. The van der Waals surface area contributed by atoms with E-state index in [2.05, 4.69) is 17.9 Å². The predicted molar refractivity (Wildman–Crippen MR) is 95.1 cm³/mol. The number of carbonyl (C=O) groups excluding carboxylic acids is 1. The van der Waals surface area contributed by atoms with Crippen LogP contribution in [0.1, 0.15) is 54.0 Å². The Morgan fingerprint density at radius 3 is 1.45 bits per heavy atom. The van der Waals surface area contributed by atoms with Crippen molar-refractivity contribution in [3.8, 4) is 0 Å². The van der Waals surface area contributed by atoms with Gasteiger partial charge in [0.1, 0.15) is 6.79 Å². The molecule has 0 aromatic heterocycles. The molecule has 0 saturated carbocycles. The smallest absolute Gasteiger partial charge is 0.106 e. The highest BCUT2D eigenvalue weighted by Gasteiger charge is 1.94. The van der Waals surface area contributed by atoms with Crippen molar-refractivity contribution in [3.05, 3.63) is 35.9 Å². The topological polar surface area (TPSA) is 69.1 Å². The maximum Gasteiger partial charge on any atom is 0.106 e. The van der Waals surface area contributed by atoms with E-state index in [1.807, 2.05) is 73.5 Å². The van der Waals surface area contributed by atoms with Crippen LogP contribution in [-0.2, 0) is 11.2 Å². The summed E-state index contributed by atoms with van der Waals surface area (Å²) in [6.45, 7) is 16.0. The molecular formula is C17H38N2O. The molecule has 4 N–H and O–H groups in total. The first-order valence-corrected chi connectivity index (χ1v) is 7.45. The number of benzene rings is 1. The molecule has 0 heterocycles. The maximum absolute atomic E-state index is 8.00. The third-order valence-electron chi connectivity index (χ3n) is 1.40. The number of rotatable bonds is 2. The fourth-order valence-corrected chi connectivity index (χ4v) is 0.986. The zero-order valence-electron chi connectivity index (χ0n) is 14.9. The van der Waals surface area contributed by atoms with Gasteiger partial charge >= 0.3 is 0 Å². The summed E-state index contributed by atoms with van der Waals surface area (Å²) >= 11 is 0. The van der Waals surface area contributed by atoms with Gasteiger partial charge in [-0.05, 0) is 26.0 Å². The summed E-state index contributed by atoms with van der Waals surface area (Å²) in [4.78, 5) is 8.00. The Labute approximate surface area is 127 Å². The fraction of sp³-hybridized carbons (Fsp3) is 0.588. The van der Waals surface area contributed by atoms with Gasteiger partial charge in [0.15, 0.2) is 0 Å². The van der Waals surface area contributed by atoms with Crippen LogP contribution in [-0.4, -0.2) is 19.9 Å². The summed E-state index contributed by atoms with van der Waals surface area (Å²) in [6, 6.07) is 10.6. The van der Waals surface area contributed by atoms with E-state index in [9.17, 15) is 0 Å².